The Kier molecular flexibility index (Phi) is 3.42. The number of rotatable bonds is 5. The predicted octanol–water partition coefficient (Wildman–Crippen LogP) is 2.89. The normalized spacial score (nSPS) is 20.3. The smallest absolute Gasteiger partial charge is 0.492 e. The number of fused-ring (bicyclic) bond motifs is 1. The van der Waals surface area contributed by atoms with Crippen LogP contribution in [0.15, 0.2) is 30.3 Å². The Bertz CT molecular complexity index is 924. The van der Waals surface area contributed by atoms with Gasteiger partial charge in [0.05, 0.1) is 14.2 Å². The van der Waals surface area contributed by atoms with Crippen molar-refractivity contribution < 1.29 is 37.5 Å². The van der Waals surface area contributed by atoms with Crippen molar-refractivity contribution in [2.24, 2.45) is 0 Å². The number of hydrogen-bond acceptors (Lipinski definition) is 8. The highest BCUT2D eigenvalue weighted by Crippen LogP contribution is 2.74. The van der Waals surface area contributed by atoms with Gasteiger partial charge in [-0.15, -0.1) is 0 Å². The van der Waals surface area contributed by atoms with Crippen molar-refractivity contribution in [2.45, 2.75) is 6.10 Å². The molecule has 2 aromatic rings. The number of benzene rings is 2. The molecule has 0 saturated heterocycles. The van der Waals surface area contributed by atoms with Crippen LogP contribution in [-0.2, 0) is 4.57 Å². The summed E-state index contributed by atoms with van der Waals surface area (Å²) < 4.78 is 38.3. The zero-order valence-electron chi connectivity index (χ0n) is 13.2. The number of aliphatic hydroxyl groups excluding tert-OH is 1. The Balaban J connectivity index is 1.90. The second kappa shape index (κ2) is 5.40. The van der Waals surface area contributed by atoms with Crippen molar-refractivity contribution in [3.05, 3.63) is 41.5 Å². The highest BCUT2D eigenvalue weighted by molar-refractivity contribution is 7.50. The van der Waals surface area contributed by atoms with E-state index in [0.717, 1.165) is 0 Å². The van der Waals surface area contributed by atoms with Crippen LogP contribution in [0.4, 0.5) is 0 Å². The largest absolute Gasteiger partial charge is 0.647 e. The SMILES string of the molecule is COc1c2c3c(c(C(=O)C(O)c4ccccc4)c1OC)OP(=O)(O2)O3. The molecule has 0 fully saturated rings. The van der Waals surface area contributed by atoms with Gasteiger partial charge in [-0.1, -0.05) is 30.3 Å². The summed E-state index contributed by atoms with van der Waals surface area (Å²) >= 11 is 0. The number of phosphoric acid groups is 1. The van der Waals surface area contributed by atoms with Crippen LogP contribution in [0.1, 0.15) is 22.0 Å². The van der Waals surface area contributed by atoms with Crippen molar-refractivity contribution in [1.82, 2.24) is 0 Å². The van der Waals surface area contributed by atoms with Gasteiger partial charge >= 0.3 is 7.82 Å². The lowest BCUT2D eigenvalue weighted by Crippen LogP contribution is -2.16. The number of phosphoric ester groups is 1. The molecule has 2 atom stereocenters. The third kappa shape index (κ3) is 2.18. The number of hydrogen-bond donors (Lipinski definition) is 1. The van der Waals surface area contributed by atoms with Crippen LogP contribution in [0.2, 0.25) is 0 Å². The van der Waals surface area contributed by atoms with Gasteiger partial charge in [0.1, 0.15) is 11.7 Å². The molecule has 0 radical (unpaired) electrons. The van der Waals surface area contributed by atoms with E-state index in [1.165, 1.54) is 14.2 Å². The average molecular weight is 364 g/mol. The van der Waals surface area contributed by atoms with Crippen LogP contribution in [0.3, 0.4) is 0 Å². The number of Topliss-reactive ketones (excluding diaryl/α,β-unsaturated/α-hetero) is 1. The minimum atomic E-state index is -3.86. The molecular formula is C16H13O8P. The van der Waals surface area contributed by atoms with Gasteiger partial charge in [0, 0.05) is 0 Å². The highest BCUT2D eigenvalue weighted by atomic mass is 31.2. The molecule has 0 aromatic heterocycles. The summed E-state index contributed by atoms with van der Waals surface area (Å²) in [6.07, 6.45) is -1.47. The van der Waals surface area contributed by atoms with Gasteiger partial charge in [-0.3, -0.25) is 4.79 Å². The Hall–Kier alpha value is -2.70. The van der Waals surface area contributed by atoms with Crippen molar-refractivity contribution in [2.75, 3.05) is 14.2 Å². The molecule has 2 aliphatic heterocycles. The summed E-state index contributed by atoms with van der Waals surface area (Å²) in [6, 6.07) is 8.37. The Morgan fingerprint density at radius 2 is 1.60 bits per heavy atom. The summed E-state index contributed by atoms with van der Waals surface area (Å²) in [5, 5.41) is 10.5. The Labute approximate surface area is 142 Å². The topological polar surface area (TPSA) is 101 Å². The number of ether oxygens (including phenoxy) is 2. The molecule has 2 bridgehead atoms. The molecule has 0 amide bonds. The van der Waals surface area contributed by atoms with Crippen LogP contribution in [-0.4, -0.2) is 25.1 Å². The first kappa shape index (κ1) is 15.8. The fourth-order valence-corrected chi connectivity index (χ4v) is 4.10. The van der Waals surface area contributed by atoms with Crippen LogP contribution in [0, 0.1) is 0 Å². The molecular weight excluding hydrogens is 351 g/mol. The molecule has 2 unspecified atom stereocenters. The van der Waals surface area contributed by atoms with Gasteiger partial charge in [-0.05, 0) is 5.56 Å². The van der Waals surface area contributed by atoms with E-state index in [1.807, 2.05) is 0 Å². The summed E-state index contributed by atoms with van der Waals surface area (Å²) in [5.41, 5.74) is 0.275. The lowest BCUT2D eigenvalue weighted by molar-refractivity contribution is 0.0741. The van der Waals surface area contributed by atoms with Crippen molar-refractivity contribution in [3.63, 3.8) is 0 Å². The van der Waals surface area contributed by atoms with E-state index < -0.39 is 19.7 Å². The summed E-state index contributed by atoms with van der Waals surface area (Å²) in [4.78, 5) is 12.9. The number of aliphatic hydroxyl groups is 1. The van der Waals surface area contributed by atoms with E-state index in [9.17, 15) is 14.5 Å². The molecule has 130 valence electrons. The molecule has 0 aliphatic carbocycles. The van der Waals surface area contributed by atoms with Crippen LogP contribution >= 0.6 is 7.82 Å². The quantitative estimate of drug-likeness (QED) is 0.638. The Morgan fingerprint density at radius 3 is 2.20 bits per heavy atom. The molecule has 2 aliphatic rings. The average Bonchev–Trinajstić information content (AvgIpc) is 3.14. The molecule has 25 heavy (non-hydrogen) atoms. The standard InChI is InChI=1S/C16H13O8P/c1-20-12-9(11(18)10(17)8-6-4-3-5-7-8)13-15-16(14(12)21-2)24-25(19,22-13)23-15/h3-7,10,17H,1-2H3. The first-order valence-corrected chi connectivity index (χ1v) is 8.73. The molecule has 0 spiro atoms. The van der Waals surface area contributed by atoms with E-state index in [2.05, 4.69) is 0 Å². The molecule has 2 heterocycles. The molecule has 2 aromatic carbocycles. The van der Waals surface area contributed by atoms with E-state index >= 15 is 0 Å². The van der Waals surface area contributed by atoms with E-state index in [4.69, 9.17) is 23.0 Å². The number of carbonyl (C=O) groups excluding carboxylic acids is 1. The van der Waals surface area contributed by atoms with Crippen LogP contribution < -0.4 is 23.0 Å². The van der Waals surface area contributed by atoms with Gasteiger partial charge in [0.15, 0.2) is 11.5 Å². The van der Waals surface area contributed by atoms with Gasteiger partial charge in [-0.2, -0.15) is 4.57 Å². The predicted molar refractivity (Wildman–Crippen MR) is 84.8 cm³/mol. The number of methoxy groups -OCH3 is 2. The van der Waals surface area contributed by atoms with E-state index in [1.54, 1.807) is 30.3 Å². The van der Waals surface area contributed by atoms with Crippen LogP contribution in [0.5, 0.6) is 28.7 Å². The second-order valence-corrected chi connectivity index (χ2v) is 6.77. The lowest BCUT2D eigenvalue weighted by Gasteiger charge is -2.20. The Morgan fingerprint density at radius 1 is 1.00 bits per heavy atom. The first-order chi connectivity index (χ1) is 12.0. The third-order valence-corrected chi connectivity index (χ3v) is 5.13. The van der Waals surface area contributed by atoms with Gasteiger partial charge in [-0.25, -0.2) is 0 Å². The van der Waals surface area contributed by atoms with Crippen molar-refractivity contribution in [1.29, 1.82) is 0 Å². The zero-order valence-corrected chi connectivity index (χ0v) is 14.1. The van der Waals surface area contributed by atoms with Crippen LogP contribution in [0.25, 0.3) is 0 Å². The number of ketones is 1. The zero-order chi connectivity index (χ0) is 17.8. The van der Waals surface area contributed by atoms with E-state index in [-0.39, 0.29) is 34.3 Å². The minimum absolute atomic E-state index is 0.00425. The van der Waals surface area contributed by atoms with Crippen molar-refractivity contribution in [3.8, 4) is 28.7 Å². The first-order valence-electron chi connectivity index (χ1n) is 7.27. The monoisotopic (exact) mass is 364 g/mol. The molecule has 4 rings (SSSR count). The minimum Gasteiger partial charge on any atom is -0.492 e. The third-order valence-electron chi connectivity index (χ3n) is 3.91. The summed E-state index contributed by atoms with van der Waals surface area (Å²) in [5.74, 6) is -0.677. The summed E-state index contributed by atoms with van der Waals surface area (Å²) in [6.45, 7) is 0. The molecule has 9 heteroatoms. The van der Waals surface area contributed by atoms with Gasteiger partial charge < -0.3 is 28.2 Å². The maximum absolute atomic E-state index is 12.9. The fraction of sp³-hybridized carbons (Fsp3) is 0.188. The van der Waals surface area contributed by atoms with Gasteiger partial charge in [0.25, 0.3) is 0 Å². The maximum atomic E-state index is 12.9. The molecule has 1 N–H and O–H groups in total. The van der Waals surface area contributed by atoms with Crippen molar-refractivity contribution >= 4 is 13.6 Å². The summed E-state index contributed by atoms with van der Waals surface area (Å²) in [7, 11) is -1.18. The maximum Gasteiger partial charge on any atom is 0.647 e. The second-order valence-electron chi connectivity index (χ2n) is 5.33. The number of carbonyl (C=O) groups is 1. The molecule has 8 nitrogen and oxygen atoms in total. The van der Waals surface area contributed by atoms with E-state index in [0.29, 0.717) is 5.56 Å². The molecule has 0 saturated carbocycles. The van der Waals surface area contributed by atoms with Gasteiger partial charge in [0.2, 0.25) is 23.0 Å². The fourth-order valence-electron chi connectivity index (χ4n) is 2.81. The highest BCUT2D eigenvalue weighted by Gasteiger charge is 2.55. The lowest BCUT2D eigenvalue weighted by atomic mass is 9.97.